The molecule has 8 heteroatoms. The van der Waals surface area contributed by atoms with Gasteiger partial charge >= 0.3 is 0 Å². The Morgan fingerprint density at radius 2 is 1.85 bits per heavy atom. The van der Waals surface area contributed by atoms with E-state index >= 15 is 4.39 Å². The largest absolute Gasteiger partial charge is 0.453 e. The van der Waals surface area contributed by atoms with E-state index in [0.29, 0.717) is 47.1 Å². The van der Waals surface area contributed by atoms with Crippen LogP contribution in [0.5, 0.6) is 11.5 Å². The van der Waals surface area contributed by atoms with E-state index in [-0.39, 0.29) is 24.4 Å². The van der Waals surface area contributed by atoms with Crippen LogP contribution < -0.4 is 10.5 Å². The zero-order valence-electron chi connectivity index (χ0n) is 17.9. The number of ether oxygens (including phenoxy) is 3. The number of aromatic nitrogens is 1. The van der Waals surface area contributed by atoms with Crippen LogP contribution in [0.1, 0.15) is 23.6 Å². The maximum absolute atomic E-state index is 15.4. The molecule has 6 rings (SSSR count). The molecule has 33 heavy (non-hydrogen) atoms. The van der Waals surface area contributed by atoms with Crippen molar-refractivity contribution in [1.29, 1.82) is 0 Å². The molecular weight excluding hydrogens is 428 g/mol. The first-order valence-corrected chi connectivity index (χ1v) is 10.7. The van der Waals surface area contributed by atoms with E-state index in [1.807, 2.05) is 13.0 Å². The van der Waals surface area contributed by atoms with Gasteiger partial charge in [0.25, 0.3) is 0 Å². The summed E-state index contributed by atoms with van der Waals surface area (Å²) in [6.45, 7) is 3.36. The average molecular weight is 449 g/mol. The Kier molecular flexibility index (Phi) is 4.34. The fourth-order valence-electron chi connectivity index (χ4n) is 4.78. The number of fused-ring (bicyclic) bond motifs is 4. The number of benzene rings is 2. The maximum Gasteiger partial charge on any atom is 0.220 e. The molecule has 1 saturated heterocycles. The van der Waals surface area contributed by atoms with Gasteiger partial charge in [0, 0.05) is 28.3 Å². The summed E-state index contributed by atoms with van der Waals surface area (Å²) in [6, 6.07) is 11.9. The fourth-order valence-corrected chi connectivity index (χ4v) is 4.78. The van der Waals surface area contributed by atoms with Crippen molar-refractivity contribution >= 4 is 5.84 Å². The highest BCUT2D eigenvalue weighted by molar-refractivity contribution is 5.84. The summed E-state index contributed by atoms with van der Waals surface area (Å²) in [5, 5.41) is 0. The minimum Gasteiger partial charge on any atom is -0.453 e. The second-order valence-electron chi connectivity index (χ2n) is 9.00. The van der Waals surface area contributed by atoms with Gasteiger partial charge in [0.2, 0.25) is 5.95 Å². The van der Waals surface area contributed by atoms with Crippen molar-refractivity contribution in [1.82, 2.24) is 4.98 Å². The van der Waals surface area contributed by atoms with Crippen molar-refractivity contribution in [2.45, 2.75) is 17.9 Å². The van der Waals surface area contributed by atoms with E-state index in [1.165, 1.54) is 12.3 Å². The van der Waals surface area contributed by atoms with Crippen LogP contribution in [0.15, 0.2) is 53.7 Å². The number of pyridine rings is 1. The summed E-state index contributed by atoms with van der Waals surface area (Å²) >= 11 is 0. The summed E-state index contributed by atoms with van der Waals surface area (Å²) in [5.41, 5.74) is 7.60. The highest BCUT2D eigenvalue weighted by atomic mass is 19.1. The average Bonchev–Trinajstić information content (AvgIpc) is 2.78. The summed E-state index contributed by atoms with van der Waals surface area (Å²) in [4.78, 5) is 8.56. The van der Waals surface area contributed by atoms with Crippen LogP contribution in [0, 0.1) is 11.8 Å². The third-order valence-corrected chi connectivity index (χ3v) is 6.63. The first-order chi connectivity index (χ1) is 15.9. The van der Waals surface area contributed by atoms with E-state index in [2.05, 4.69) is 4.98 Å². The SMILES string of the molecule is CC1(c2cc(F)c3c(c2)[C@]2(COCC(N)=N2)c2cc(-c4cccnc4F)ccc2O3)COC1. The van der Waals surface area contributed by atoms with Crippen molar-refractivity contribution < 1.29 is 23.0 Å². The van der Waals surface area contributed by atoms with E-state index in [1.54, 1.807) is 30.3 Å². The quantitative estimate of drug-likeness (QED) is 0.597. The minimum absolute atomic E-state index is 0.0949. The predicted octanol–water partition coefficient (Wildman–Crippen LogP) is 4.05. The molecule has 2 N–H and O–H groups in total. The first-order valence-electron chi connectivity index (χ1n) is 10.7. The van der Waals surface area contributed by atoms with Crippen molar-refractivity contribution in [3.63, 3.8) is 0 Å². The van der Waals surface area contributed by atoms with Crippen molar-refractivity contribution in [2.75, 3.05) is 26.4 Å². The normalized spacial score (nSPS) is 22.6. The van der Waals surface area contributed by atoms with Gasteiger partial charge in [0.15, 0.2) is 11.6 Å². The topological polar surface area (TPSA) is 79.0 Å². The Labute approximate surface area is 189 Å². The fraction of sp³-hybridized carbons (Fsp3) is 0.280. The standard InChI is InChI=1S/C25H21F2N3O3/c1-24(11-32-12-24)15-8-18-22(19(26)9-15)33-20-5-4-14(16-3-2-6-29-23(16)27)7-17(20)25(18)13-31-10-21(28)30-25/h2-9H,10-13H2,1H3,(H2,28,30)/t25-/m0/s1. The summed E-state index contributed by atoms with van der Waals surface area (Å²) in [5.74, 6) is -0.262. The third kappa shape index (κ3) is 2.98. The molecule has 6 nitrogen and oxygen atoms in total. The molecule has 3 aliphatic heterocycles. The highest BCUT2D eigenvalue weighted by Crippen LogP contribution is 2.53. The van der Waals surface area contributed by atoms with Gasteiger partial charge in [-0.25, -0.2) is 9.37 Å². The highest BCUT2D eigenvalue weighted by Gasteiger charge is 2.47. The summed E-state index contributed by atoms with van der Waals surface area (Å²) in [7, 11) is 0. The van der Waals surface area contributed by atoms with Gasteiger partial charge in [-0.05, 0) is 47.5 Å². The summed E-state index contributed by atoms with van der Waals surface area (Å²) in [6.07, 6.45) is 1.40. The molecule has 0 unspecified atom stereocenters. The van der Waals surface area contributed by atoms with Gasteiger partial charge in [-0.15, -0.1) is 0 Å². The van der Waals surface area contributed by atoms with Crippen LogP contribution in [0.4, 0.5) is 8.78 Å². The number of halogens is 2. The molecule has 0 aliphatic carbocycles. The van der Waals surface area contributed by atoms with Crippen molar-refractivity contribution in [3.8, 4) is 22.6 Å². The Hall–Kier alpha value is -3.36. The number of rotatable bonds is 2. The van der Waals surface area contributed by atoms with E-state index in [4.69, 9.17) is 24.9 Å². The predicted molar refractivity (Wildman–Crippen MR) is 117 cm³/mol. The molecule has 3 aromatic rings. The molecule has 0 bridgehead atoms. The van der Waals surface area contributed by atoms with Gasteiger partial charge < -0.3 is 19.9 Å². The molecule has 3 aliphatic rings. The number of amidine groups is 1. The summed E-state index contributed by atoms with van der Waals surface area (Å²) < 4.78 is 47.1. The Bertz CT molecular complexity index is 1320. The molecule has 4 heterocycles. The lowest BCUT2D eigenvalue weighted by Crippen LogP contribution is -2.45. The molecular formula is C25H21F2N3O3. The molecule has 1 atom stereocenters. The van der Waals surface area contributed by atoms with Crippen molar-refractivity contribution in [2.24, 2.45) is 10.7 Å². The number of aliphatic imine (C=N–C) groups is 1. The van der Waals surface area contributed by atoms with Crippen LogP contribution in [0.3, 0.4) is 0 Å². The molecule has 0 amide bonds. The first kappa shape index (κ1) is 20.3. The second-order valence-corrected chi connectivity index (χ2v) is 9.00. The smallest absolute Gasteiger partial charge is 0.220 e. The van der Waals surface area contributed by atoms with Crippen LogP contribution in [0.2, 0.25) is 0 Å². The van der Waals surface area contributed by atoms with E-state index in [0.717, 1.165) is 5.56 Å². The molecule has 168 valence electrons. The molecule has 2 aromatic carbocycles. The van der Waals surface area contributed by atoms with E-state index < -0.39 is 17.3 Å². The number of nitrogens with two attached hydrogens (primary N) is 1. The molecule has 1 fully saturated rings. The lowest BCUT2D eigenvalue weighted by molar-refractivity contribution is -0.0502. The molecule has 0 radical (unpaired) electrons. The van der Waals surface area contributed by atoms with Crippen LogP contribution >= 0.6 is 0 Å². The zero-order chi connectivity index (χ0) is 22.8. The third-order valence-electron chi connectivity index (χ3n) is 6.63. The van der Waals surface area contributed by atoms with Gasteiger partial charge in [-0.1, -0.05) is 13.0 Å². The number of hydrogen-bond acceptors (Lipinski definition) is 6. The zero-order valence-corrected chi connectivity index (χ0v) is 17.9. The van der Waals surface area contributed by atoms with Crippen LogP contribution in [-0.4, -0.2) is 37.2 Å². The van der Waals surface area contributed by atoms with E-state index in [9.17, 15) is 4.39 Å². The van der Waals surface area contributed by atoms with Gasteiger partial charge in [0.05, 0.1) is 19.8 Å². The van der Waals surface area contributed by atoms with Gasteiger partial charge in [0.1, 0.15) is 23.7 Å². The lowest BCUT2D eigenvalue weighted by atomic mass is 9.75. The Morgan fingerprint density at radius 3 is 2.58 bits per heavy atom. The number of hydrogen-bond donors (Lipinski definition) is 1. The minimum atomic E-state index is -1.13. The Morgan fingerprint density at radius 1 is 1.00 bits per heavy atom. The second kappa shape index (κ2) is 7.07. The monoisotopic (exact) mass is 449 g/mol. The molecule has 1 spiro atoms. The van der Waals surface area contributed by atoms with Gasteiger partial charge in [-0.3, -0.25) is 4.99 Å². The van der Waals surface area contributed by atoms with Crippen molar-refractivity contribution in [3.05, 3.63) is 77.1 Å². The molecule has 0 saturated carbocycles. The van der Waals surface area contributed by atoms with Gasteiger partial charge in [-0.2, -0.15) is 4.39 Å². The van der Waals surface area contributed by atoms with Crippen LogP contribution in [0.25, 0.3) is 11.1 Å². The number of nitrogens with zero attached hydrogens (tertiary/aromatic N) is 2. The molecule has 1 aromatic heterocycles. The Balaban J connectivity index is 1.60. The lowest BCUT2D eigenvalue weighted by Gasteiger charge is -2.42. The maximum atomic E-state index is 15.4. The van der Waals surface area contributed by atoms with Crippen LogP contribution in [-0.2, 0) is 20.4 Å².